The van der Waals surface area contributed by atoms with Gasteiger partial charge in [0.05, 0.1) is 9.16 Å². The largest absolute Gasteiger partial charge is 0.164 e. The molecule has 0 aliphatic carbocycles. The number of hydrogen-bond acceptors (Lipinski definition) is 7. The Morgan fingerprint density at radius 1 is 0.704 bits per heavy atom. The van der Waals surface area contributed by atoms with Crippen molar-refractivity contribution in [1.29, 1.82) is 0 Å². The molecule has 1 heterocycles. The molecule has 0 saturated carbocycles. The average Bonchev–Trinajstić information content (AvgIpc) is 3.13. The zero-order valence-electron chi connectivity index (χ0n) is 17.3. The van der Waals surface area contributed by atoms with Crippen molar-refractivity contribution in [2.45, 2.75) is 112 Å². The molecule has 1 rings (SSSR count). The van der Waals surface area contributed by atoms with E-state index in [1.165, 1.54) is 51.4 Å². The standard InChI is InChI=1S/C20H38N2S5/c1-5-7-9-11-13-19(3,17(23)24)15-21-22-16(27-15)20(4,18(25)26)14-12-10-8-6-2/h17-18,23-26H,5-14H2,1-4H3. The van der Waals surface area contributed by atoms with Crippen molar-refractivity contribution in [3.63, 3.8) is 0 Å². The highest BCUT2D eigenvalue weighted by Crippen LogP contribution is 2.44. The van der Waals surface area contributed by atoms with Gasteiger partial charge in [0.2, 0.25) is 0 Å². The molecule has 0 aromatic carbocycles. The molecule has 0 amide bonds. The molecule has 7 heteroatoms. The molecule has 0 spiro atoms. The quantitative estimate of drug-likeness (QED) is 0.131. The van der Waals surface area contributed by atoms with Crippen LogP contribution in [0.1, 0.15) is 102 Å². The van der Waals surface area contributed by atoms with E-state index in [1.807, 2.05) is 0 Å². The SMILES string of the molecule is CCCCCCC(C)(c1nnc(C(C)(CCCCCC)C(S)S)s1)C(S)S. The summed E-state index contributed by atoms with van der Waals surface area (Å²) in [7, 11) is 0. The van der Waals surface area contributed by atoms with Crippen molar-refractivity contribution in [2.24, 2.45) is 0 Å². The topological polar surface area (TPSA) is 25.8 Å². The van der Waals surface area contributed by atoms with E-state index in [1.54, 1.807) is 11.3 Å². The van der Waals surface area contributed by atoms with Gasteiger partial charge in [-0.05, 0) is 12.8 Å². The van der Waals surface area contributed by atoms with Crippen LogP contribution in [0.15, 0.2) is 0 Å². The van der Waals surface area contributed by atoms with Gasteiger partial charge in [-0.3, -0.25) is 0 Å². The Kier molecular flexibility index (Phi) is 12.1. The van der Waals surface area contributed by atoms with Crippen LogP contribution in [0.4, 0.5) is 0 Å². The molecule has 158 valence electrons. The monoisotopic (exact) mass is 466 g/mol. The smallest absolute Gasteiger partial charge is 0.125 e. The molecule has 0 saturated heterocycles. The van der Waals surface area contributed by atoms with Crippen LogP contribution in [-0.2, 0) is 10.8 Å². The first-order chi connectivity index (χ1) is 12.7. The highest BCUT2D eigenvalue weighted by molar-refractivity contribution is 7.99. The molecule has 1 aromatic rings. The second kappa shape index (κ2) is 12.6. The molecule has 0 aliphatic rings. The lowest BCUT2D eigenvalue weighted by Crippen LogP contribution is -2.30. The Labute approximate surface area is 193 Å². The maximum Gasteiger partial charge on any atom is 0.125 e. The summed E-state index contributed by atoms with van der Waals surface area (Å²) in [4.78, 5) is 0. The second-order valence-electron chi connectivity index (χ2n) is 8.12. The number of hydrogen-bond donors (Lipinski definition) is 4. The number of unbranched alkanes of at least 4 members (excludes halogenated alkanes) is 6. The van der Waals surface area contributed by atoms with Crippen LogP contribution in [0.5, 0.6) is 0 Å². The van der Waals surface area contributed by atoms with Crippen molar-refractivity contribution in [3.05, 3.63) is 10.0 Å². The van der Waals surface area contributed by atoms with Gasteiger partial charge in [0, 0.05) is 10.8 Å². The fourth-order valence-electron chi connectivity index (χ4n) is 3.22. The van der Waals surface area contributed by atoms with E-state index in [9.17, 15) is 0 Å². The normalized spacial score (nSPS) is 16.7. The third kappa shape index (κ3) is 7.30. The first-order valence-corrected chi connectivity index (χ1v) is 13.2. The van der Waals surface area contributed by atoms with E-state index in [0.29, 0.717) is 0 Å². The van der Waals surface area contributed by atoms with Crippen LogP contribution in [0.25, 0.3) is 0 Å². The molecule has 0 fully saturated rings. The predicted molar refractivity (Wildman–Crippen MR) is 136 cm³/mol. The molecule has 0 aliphatic heterocycles. The lowest BCUT2D eigenvalue weighted by Gasteiger charge is -2.31. The van der Waals surface area contributed by atoms with Crippen LogP contribution >= 0.6 is 61.9 Å². The lowest BCUT2D eigenvalue weighted by atomic mass is 9.87. The Balaban J connectivity index is 2.98. The van der Waals surface area contributed by atoms with Crippen molar-refractivity contribution in [2.75, 3.05) is 0 Å². The van der Waals surface area contributed by atoms with E-state index in [-0.39, 0.29) is 20.0 Å². The molecular formula is C20H38N2S5. The van der Waals surface area contributed by atoms with Gasteiger partial charge in [0.1, 0.15) is 10.0 Å². The third-order valence-electron chi connectivity index (χ3n) is 5.64. The zero-order chi connectivity index (χ0) is 20.5. The highest BCUT2D eigenvalue weighted by Gasteiger charge is 2.40. The minimum atomic E-state index is -0.165. The molecule has 2 unspecified atom stereocenters. The molecule has 2 nitrogen and oxygen atoms in total. The minimum Gasteiger partial charge on any atom is -0.164 e. The second-order valence-corrected chi connectivity index (χ2v) is 12.0. The van der Waals surface area contributed by atoms with Gasteiger partial charge >= 0.3 is 0 Å². The molecule has 27 heavy (non-hydrogen) atoms. The first-order valence-electron chi connectivity index (χ1n) is 10.3. The summed E-state index contributed by atoms with van der Waals surface area (Å²) in [5, 5.41) is 11.3. The lowest BCUT2D eigenvalue weighted by molar-refractivity contribution is 0.431. The number of thiol groups is 4. The molecule has 2 atom stereocenters. The number of rotatable bonds is 14. The van der Waals surface area contributed by atoms with Crippen LogP contribution < -0.4 is 0 Å². The summed E-state index contributed by atoms with van der Waals surface area (Å²) in [6, 6.07) is 0. The molecule has 0 N–H and O–H groups in total. The summed E-state index contributed by atoms with van der Waals surface area (Å²) in [5.41, 5.74) is -0.330. The Morgan fingerprint density at radius 3 is 1.37 bits per heavy atom. The van der Waals surface area contributed by atoms with Gasteiger partial charge in [-0.15, -0.1) is 21.5 Å². The summed E-state index contributed by atoms with van der Waals surface area (Å²) < 4.78 is -0.114. The van der Waals surface area contributed by atoms with Crippen molar-refractivity contribution >= 4 is 61.9 Å². The van der Waals surface area contributed by atoms with Crippen LogP contribution in [0.2, 0.25) is 0 Å². The van der Waals surface area contributed by atoms with E-state index >= 15 is 0 Å². The average molecular weight is 467 g/mol. The third-order valence-corrected chi connectivity index (χ3v) is 9.40. The van der Waals surface area contributed by atoms with Gasteiger partial charge in [-0.1, -0.05) is 79.1 Å². The summed E-state index contributed by atoms with van der Waals surface area (Å²) in [6.07, 6.45) is 12.0. The van der Waals surface area contributed by atoms with Crippen molar-refractivity contribution in [3.8, 4) is 0 Å². The zero-order valence-corrected chi connectivity index (χ0v) is 21.7. The van der Waals surface area contributed by atoms with Crippen LogP contribution in [-0.4, -0.2) is 19.4 Å². The Bertz CT molecular complexity index is 490. The Hall–Kier alpha value is 0.960. The first kappa shape index (κ1) is 26.0. The van der Waals surface area contributed by atoms with E-state index in [0.717, 1.165) is 22.9 Å². The van der Waals surface area contributed by atoms with E-state index in [4.69, 9.17) is 50.5 Å². The molecular weight excluding hydrogens is 429 g/mol. The van der Waals surface area contributed by atoms with Crippen LogP contribution in [0.3, 0.4) is 0 Å². The summed E-state index contributed by atoms with van der Waals surface area (Å²) in [6.45, 7) is 8.93. The molecule has 0 radical (unpaired) electrons. The summed E-state index contributed by atoms with van der Waals surface area (Å²) in [5.74, 6) is 0. The number of aromatic nitrogens is 2. The summed E-state index contributed by atoms with van der Waals surface area (Å²) >= 11 is 20.5. The fourth-order valence-corrected chi connectivity index (χ4v) is 5.82. The van der Waals surface area contributed by atoms with Gasteiger partial charge in [-0.2, -0.15) is 50.5 Å². The molecule has 0 bridgehead atoms. The van der Waals surface area contributed by atoms with Crippen LogP contribution in [0, 0.1) is 0 Å². The Morgan fingerprint density at radius 2 is 1.07 bits per heavy atom. The maximum absolute atomic E-state index is 4.69. The van der Waals surface area contributed by atoms with Crippen molar-refractivity contribution < 1.29 is 0 Å². The maximum atomic E-state index is 4.69. The van der Waals surface area contributed by atoms with E-state index in [2.05, 4.69) is 37.9 Å². The number of nitrogens with zero attached hydrogens (tertiary/aromatic N) is 2. The predicted octanol–water partition coefficient (Wildman–Crippen LogP) is 7.37. The van der Waals surface area contributed by atoms with Crippen molar-refractivity contribution in [1.82, 2.24) is 10.2 Å². The fraction of sp³-hybridized carbons (Fsp3) is 0.900. The minimum absolute atomic E-state index is 0.0569. The highest BCUT2D eigenvalue weighted by atomic mass is 32.2. The van der Waals surface area contributed by atoms with Gasteiger partial charge in [0.15, 0.2) is 0 Å². The van der Waals surface area contributed by atoms with Gasteiger partial charge in [0.25, 0.3) is 0 Å². The van der Waals surface area contributed by atoms with Gasteiger partial charge < -0.3 is 0 Å². The molecule has 1 aromatic heterocycles. The van der Waals surface area contributed by atoms with Gasteiger partial charge in [-0.25, -0.2) is 0 Å². The van der Waals surface area contributed by atoms with E-state index < -0.39 is 0 Å².